The highest BCUT2D eigenvalue weighted by atomic mass is 79.9. The van der Waals surface area contributed by atoms with Crippen molar-refractivity contribution in [1.29, 1.82) is 0 Å². The van der Waals surface area contributed by atoms with E-state index in [1.807, 2.05) is 28.8 Å². The Morgan fingerprint density at radius 2 is 2.14 bits per heavy atom. The Hall–Kier alpha value is -1.37. The quantitative estimate of drug-likeness (QED) is 0.750. The molecule has 4 nitrogen and oxygen atoms in total. The van der Waals surface area contributed by atoms with Gasteiger partial charge in [-0.05, 0) is 48.1 Å². The van der Waals surface area contributed by atoms with Gasteiger partial charge < -0.3 is 5.32 Å². The minimum atomic E-state index is 0.850. The summed E-state index contributed by atoms with van der Waals surface area (Å²) >= 11 is 5.18. The first kappa shape index (κ1) is 14.6. The zero-order valence-corrected chi connectivity index (χ0v) is 14.0. The van der Waals surface area contributed by atoms with E-state index < -0.39 is 0 Å². The lowest BCUT2D eigenvalue weighted by Crippen LogP contribution is -2.12. The Labute approximate surface area is 136 Å². The molecule has 108 valence electrons. The number of hydrogen-bond donors (Lipinski definition) is 1. The van der Waals surface area contributed by atoms with Crippen LogP contribution in [0.15, 0.2) is 57.1 Å². The van der Waals surface area contributed by atoms with Gasteiger partial charge in [0.25, 0.3) is 0 Å². The summed E-state index contributed by atoms with van der Waals surface area (Å²) in [4.78, 5) is 1.18. The summed E-state index contributed by atoms with van der Waals surface area (Å²) in [6.45, 7) is 3.91. The van der Waals surface area contributed by atoms with E-state index in [2.05, 4.69) is 56.6 Å². The highest BCUT2D eigenvalue weighted by Gasteiger charge is 2.10. The van der Waals surface area contributed by atoms with Crippen molar-refractivity contribution in [2.75, 3.05) is 6.54 Å². The fourth-order valence-electron chi connectivity index (χ4n) is 2.02. The van der Waals surface area contributed by atoms with E-state index in [0.29, 0.717) is 0 Å². The standard InChI is InChI=1S/C15H15BrN4S/c1-2-17-10-11-6-7-12(16)9-13(11)21-15-19-18-14-5-3-4-8-20(14)15/h3-9,17H,2,10H2,1H3. The SMILES string of the molecule is CCNCc1ccc(Br)cc1Sc1nnc2ccccn12. The summed E-state index contributed by atoms with van der Waals surface area (Å²) in [7, 11) is 0. The Balaban J connectivity index is 1.95. The molecule has 0 bridgehead atoms. The van der Waals surface area contributed by atoms with Crippen LogP contribution in [0.5, 0.6) is 0 Å². The zero-order valence-electron chi connectivity index (χ0n) is 11.6. The van der Waals surface area contributed by atoms with Crippen LogP contribution < -0.4 is 5.32 Å². The highest BCUT2D eigenvalue weighted by Crippen LogP contribution is 2.31. The number of pyridine rings is 1. The number of halogens is 1. The van der Waals surface area contributed by atoms with Crippen LogP contribution in [0.3, 0.4) is 0 Å². The minimum absolute atomic E-state index is 0.850. The molecule has 0 radical (unpaired) electrons. The second-order valence-corrected chi connectivity index (χ2v) is 6.47. The van der Waals surface area contributed by atoms with E-state index in [-0.39, 0.29) is 0 Å². The van der Waals surface area contributed by atoms with Crippen LogP contribution in [-0.4, -0.2) is 21.1 Å². The molecule has 1 N–H and O–H groups in total. The molecule has 0 amide bonds. The Morgan fingerprint density at radius 1 is 1.24 bits per heavy atom. The second-order valence-electron chi connectivity index (χ2n) is 4.55. The van der Waals surface area contributed by atoms with Gasteiger partial charge in [-0.15, -0.1) is 10.2 Å². The Morgan fingerprint density at radius 3 is 3.00 bits per heavy atom. The Bertz CT molecular complexity index is 756. The lowest BCUT2D eigenvalue weighted by molar-refractivity contribution is 0.717. The molecule has 0 atom stereocenters. The summed E-state index contributed by atoms with van der Waals surface area (Å²) in [5.74, 6) is 0. The molecule has 3 rings (SSSR count). The van der Waals surface area contributed by atoms with Crippen LogP contribution >= 0.6 is 27.7 Å². The monoisotopic (exact) mass is 362 g/mol. The number of fused-ring (bicyclic) bond motifs is 1. The number of aromatic nitrogens is 3. The molecular formula is C15H15BrN4S. The van der Waals surface area contributed by atoms with Crippen LogP contribution in [0.1, 0.15) is 12.5 Å². The number of rotatable bonds is 5. The van der Waals surface area contributed by atoms with E-state index in [0.717, 1.165) is 28.4 Å². The van der Waals surface area contributed by atoms with Gasteiger partial charge in [-0.1, -0.05) is 35.0 Å². The molecule has 0 spiro atoms. The third-order valence-corrected chi connectivity index (χ3v) is 4.63. The van der Waals surface area contributed by atoms with Crippen LogP contribution in [-0.2, 0) is 6.54 Å². The van der Waals surface area contributed by atoms with Crippen molar-refractivity contribution in [3.05, 3.63) is 52.6 Å². The number of hydrogen-bond acceptors (Lipinski definition) is 4. The molecule has 0 saturated heterocycles. The Kier molecular flexibility index (Phi) is 4.57. The van der Waals surface area contributed by atoms with E-state index >= 15 is 0 Å². The number of nitrogens with one attached hydrogen (secondary N) is 1. The van der Waals surface area contributed by atoms with E-state index in [1.165, 1.54) is 10.5 Å². The molecule has 0 unspecified atom stereocenters. The first-order valence-electron chi connectivity index (χ1n) is 6.74. The predicted molar refractivity (Wildman–Crippen MR) is 88.6 cm³/mol. The molecule has 0 saturated carbocycles. The number of benzene rings is 1. The van der Waals surface area contributed by atoms with Gasteiger partial charge in [0.2, 0.25) is 0 Å². The summed E-state index contributed by atoms with van der Waals surface area (Å²) in [5, 5.41) is 12.7. The summed E-state index contributed by atoms with van der Waals surface area (Å²) in [6, 6.07) is 12.2. The van der Waals surface area contributed by atoms with Crippen LogP contribution in [0, 0.1) is 0 Å². The van der Waals surface area contributed by atoms with Crippen LogP contribution in [0.25, 0.3) is 5.65 Å². The van der Waals surface area contributed by atoms with E-state index in [9.17, 15) is 0 Å². The van der Waals surface area contributed by atoms with Crippen LogP contribution in [0.4, 0.5) is 0 Å². The fraction of sp³-hybridized carbons (Fsp3) is 0.200. The fourth-order valence-corrected chi connectivity index (χ4v) is 3.52. The van der Waals surface area contributed by atoms with Crippen molar-refractivity contribution >= 4 is 33.3 Å². The highest BCUT2D eigenvalue weighted by molar-refractivity contribution is 9.10. The lowest BCUT2D eigenvalue weighted by atomic mass is 10.2. The molecule has 1 aromatic carbocycles. The first-order chi connectivity index (χ1) is 10.3. The number of nitrogens with zero attached hydrogens (tertiary/aromatic N) is 3. The average molecular weight is 363 g/mol. The third-order valence-electron chi connectivity index (χ3n) is 3.08. The average Bonchev–Trinajstić information content (AvgIpc) is 2.90. The van der Waals surface area contributed by atoms with Gasteiger partial charge in [0.05, 0.1) is 0 Å². The molecule has 0 aliphatic heterocycles. The van der Waals surface area contributed by atoms with Crippen molar-refractivity contribution in [1.82, 2.24) is 19.9 Å². The first-order valence-corrected chi connectivity index (χ1v) is 8.35. The molecule has 21 heavy (non-hydrogen) atoms. The largest absolute Gasteiger partial charge is 0.313 e. The van der Waals surface area contributed by atoms with Crippen molar-refractivity contribution in [2.45, 2.75) is 23.5 Å². The maximum absolute atomic E-state index is 4.28. The van der Waals surface area contributed by atoms with E-state index in [4.69, 9.17) is 0 Å². The normalized spacial score (nSPS) is 11.1. The molecule has 3 aromatic rings. The zero-order chi connectivity index (χ0) is 14.7. The van der Waals surface area contributed by atoms with Crippen molar-refractivity contribution in [3.63, 3.8) is 0 Å². The topological polar surface area (TPSA) is 42.2 Å². The predicted octanol–water partition coefficient (Wildman–Crippen LogP) is 3.75. The smallest absolute Gasteiger partial charge is 0.200 e. The maximum Gasteiger partial charge on any atom is 0.200 e. The molecule has 0 aliphatic rings. The molecule has 0 aliphatic carbocycles. The van der Waals surface area contributed by atoms with Gasteiger partial charge in [0, 0.05) is 22.1 Å². The second kappa shape index (κ2) is 6.60. The van der Waals surface area contributed by atoms with Crippen molar-refractivity contribution in [2.24, 2.45) is 0 Å². The summed E-state index contributed by atoms with van der Waals surface area (Å²) in [5.41, 5.74) is 2.13. The van der Waals surface area contributed by atoms with Crippen molar-refractivity contribution < 1.29 is 0 Å². The third kappa shape index (κ3) is 3.28. The van der Waals surface area contributed by atoms with E-state index in [1.54, 1.807) is 11.8 Å². The van der Waals surface area contributed by atoms with Gasteiger partial charge in [0.1, 0.15) is 0 Å². The molecule has 2 aromatic heterocycles. The van der Waals surface area contributed by atoms with Gasteiger partial charge in [-0.3, -0.25) is 4.40 Å². The maximum atomic E-state index is 4.28. The van der Waals surface area contributed by atoms with Gasteiger partial charge >= 0.3 is 0 Å². The minimum Gasteiger partial charge on any atom is -0.313 e. The summed E-state index contributed by atoms with van der Waals surface area (Å²) < 4.78 is 3.07. The lowest BCUT2D eigenvalue weighted by Gasteiger charge is -2.09. The molecule has 2 heterocycles. The molecular weight excluding hydrogens is 348 g/mol. The van der Waals surface area contributed by atoms with Gasteiger partial charge in [-0.25, -0.2) is 0 Å². The van der Waals surface area contributed by atoms with Crippen LogP contribution in [0.2, 0.25) is 0 Å². The van der Waals surface area contributed by atoms with Crippen molar-refractivity contribution in [3.8, 4) is 0 Å². The van der Waals surface area contributed by atoms with Gasteiger partial charge in [-0.2, -0.15) is 0 Å². The molecule has 6 heteroatoms. The summed E-state index contributed by atoms with van der Waals surface area (Å²) in [6.07, 6.45) is 1.99. The molecule has 0 fully saturated rings. The van der Waals surface area contributed by atoms with Gasteiger partial charge in [0.15, 0.2) is 10.8 Å².